The first-order valence-electron chi connectivity index (χ1n) is 6.31. The van der Waals surface area contributed by atoms with Crippen LogP contribution in [0.2, 0.25) is 0 Å². The number of morpholine rings is 1. The number of amides is 1. The number of thiocarbonyl (C=S) groups is 1. The number of carbonyl (C=O) groups excluding carboxylic acids is 1. The lowest BCUT2D eigenvalue weighted by Gasteiger charge is -2.47. The molecule has 1 aliphatic carbocycles. The molecule has 6 heteroatoms. The van der Waals surface area contributed by atoms with Gasteiger partial charge in [0.05, 0.1) is 29.7 Å². The molecule has 0 aromatic rings. The zero-order valence-corrected chi connectivity index (χ0v) is 11.4. The summed E-state index contributed by atoms with van der Waals surface area (Å²) in [6.07, 6.45) is 1.19. The number of ether oxygens (including phenoxy) is 1. The van der Waals surface area contributed by atoms with E-state index < -0.39 is 5.41 Å². The van der Waals surface area contributed by atoms with Crippen LogP contribution in [0.1, 0.15) is 19.8 Å². The van der Waals surface area contributed by atoms with E-state index in [1.54, 1.807) is 4.90 Å². The predicted octanol–water partition coefficient (Wildman–Crippen LogP) is -0.0915. The van der Waals surface area contributed by atoms with Crippen LogP contribution in [-0.2, 0) is 9.53 Å². The van der Waals surface area contributed by atoms with Crippen molar-refractivity contribution in [1.82, 2.24) is 4.90 Å². The fourth-order valence-corrected chi connectivity index (χ4v) is 3.18. The minimum absolute atomic E-state index is 0.00912. The van der Waals surface area contributed by atoms with Crippen molar-refractivity contribution >= 4 is 23.1 Å². The van der Waals surface area contributed by atoms with Gasteiger partial charge >= 0.3 is 0 Å². The topological polar surface area (TPSA) is 75.8 Å². The van der Waals surface area contributed by atoms with Crippen LogP contribution in [-0.4, -0.2) is 53.3 Å². The summed E-state index contributed by atoms with van der Waals surface area (Å²) < 4.78 is 5.35. The summed E-state index contributed by atoms with van der Waals surface area (Å²) in [6, 6.07) is 0. The lowest BCUT2D eigenvalue weighted by atomic mass is 9.61. The van der Waals surface area contributed by atoms with Crippen molar-refractivity contribution in [3.05, 3.63) is 0 Å². The van der Waals surface area contributed by atoms with E-state index in [9.17, 15) is 4.79 Å². The first-order chi connectivity index (χ1) is 8.49. The third kappa shape index (κ3) is 2.24. The molecule has 102 valence electrons. The third-order valence-corrected chi connectivity index (χ3v) is 4.30. The van der Waals surface area contributed by atoms with Crippen LogP contribution >= 0.6 is 12.2 Å². The molecule has 5 nitrogen and oxygen atoms in total. The summed E-state index contributed by atoms with van der Waals surface area (Å²) in [7, 11) is 0. The van der Waals surface area contributed by atoms with Crippen molar-refractivity contribution in [1.29, 1.82) is 0 Å². The lowest BCUT2D eigenvalue weighted by Crippen LogP contribution is -2.60. The Morgan fingerprint density at radius 3 is 2.78 bits per heavy atom. The molecule has 1 amide bonds. The van der Waals surface area contributed by atoms with Gasteiger partial charge in [0.2, 0.25) is 5.91 Å². The Morgan fingerprint density at radius 1 is 1.61 bits per heavy atom. The second kappa shape index (κ2) is 5.11. The summed E-state index contributed by atoms with van der Waals surface area (Å²) in [5.74, 6) is 0.500. The van der Waals surface area contributed by atoms with Crippen LogP contribution in [0.4, 0.5) is 0 Å². The van der Waals surface area contributed by atoms with E-state index in [-0.39, 0.29) is 18.6 Å². The van der Waals surface area contributed by atoms with E-state index in [0.29, 0.717) is 30.6 Å². The number of rotatable bonds is 3. The molecule has 2 aliphatic rings. The molecule has 2 rings (SSSR count). The van der Waals surface area contributed by atoms with Crippen molar-refractivity contribution < 1.29 is 14.6 Å². The van der Waals surface area contributed by atoms with E-state index in [2.05, 4.69) is 6.92 Å². The van der Waals surface area contributed by atoms with Crippen LogP contribution in [0.15, 0.2) is 0 Å². The molecule has 1 saturated heterocycles. The van der Waals surface area contributed by atoms with Crippen LogP contribution in [0, 0.1) is 11.3 Å². The number of hydrogen-bond donors (Lipinski definition) is 2. The molecule has 1 heterocycles. The molecule has 1 atom stereocenters. The average Bonchev–Trinajstić information content (AvgIpc) is 2.33. The van der Waals surface area contributed by atoms with Crippen molar-refractivity contribution in [2.75, 3.05) is 26.3 Å². The number of aliphatic hydroxyl groups excluding tert-OH is 1. The summed E-state index contributed by atoms with van der Waals surface area (Å²) >= 11 is 5.09. The SMILES string of the molecule is CC1CC(C(=O)N2CCOC(CO)C2)(C(N)=S)C1. The van der Waals surface area contributed by atoms with E-state index in [0.717, 1.165) is 12.8 Å². The summed E-state index contributed by atoms with van der Waals surface area (Å²) in [4.78, 5) is 14.6. The number of nitrogens with zero attached hydrogens (tertiary/aromatic N) is 1. The van der Waals surface area contributed by atoms with Crippen molar-refractivity contribution in [2.24, 2.45) is 17.1 Å². The van der Waals surface area contributed by atoms with Gasteiger partial charge in [-0.2, -0.15) is 0 Å². The van der Waals surface area contributed by atoms with Gasteiger partial charge in [-0.05, 0) is 18.8 Å². The average molecular weight is 272 g/mol. The van der Waals surface area contributed by atoms with Gasteiger partial charge in [0.1, 0.15) is 0 Å². The van der Waals surface area contributed by atoms with Crippen LogP contribution in [0.5, 0.6) is 0 Å². The highest BCUT2D eigenvalue weighted by Gasteiger charge is 2.52. The quantitative estimate of drug-likeness (QED) is 0.702. The Kier molecular flexibility index (Phi) is 3.89. The smallest absolute Gasteiger partial charge is 0.235 e. The molecule has 0 aromatic carbocycles. The fourth-order valence-electron chi connectivity index (χ4n) is 2.93. The maximum atomic E-state index is 12.6. The van der Waals surface area contributed by atoms with Crippen LogP contribution < -0.4 is 5.73 Å². The third-order valence-electron chi connectivity index (χ3n) is 3.90. The van der Waals surface area contributed by atoms with E-state index in [1.807, 2.05) is 0 Å². The minimum atomic E-state index is -0.647. The second-order valence-electron chi connectivity index (χ2n) is 5.39. The van der Waals surface area contributed by atoms with Gasteiger partial charge < -0.3 is 20.5 Å². The van der Waals surface area contributed by atoms with Crippen molar-refractivity contribution in [3.63, 3.8) is 0 Å². The molecule has 1 saturated carbocycles. The number of carbonyl (C=O) groups is 1. The molecule has 1 unspecified atom stereocenters. The standard InChI is InChI=1S/C12H20N2O3S/c1-8-4-12(5-8,10(13)18)11(16)14-2-3-17-9(6-14)7-15/h8-9,15H,2-7H2,1H3,(H2,13,18). The predicted molar refractivity (Wildman–Crippen MR) is 71.0 cm³/mol. The summed E-state index contributed by atoms with van der Waals surface area (Å²) in [5.41, 5.74) is 5.13. The fraction of sp³-hybridized carbons (Fsp3) is 0.833. The van der Waals surface area contributed by atoms with Gasteiger partial charge in [-0.3, -0.25) is 4.79 Å². The monoisotopic (exact) mass is 272 g/mol. The highest BCUT2D eigenvalue weighted by atomic mass is 32.1. The Balaban J connectivity index is 2.07. The van der Waals surface area contributed by atoms with E-state index in [4.69, 9.17) is 27.8 Å². The number of hydrogen-bond acceptors (Lipinski definition) is 4. The molecule has 3 N–H and O–H groups in total. The molecule has 0 bridgehead atoms. The van der Waals surface area contributed by atoms with Gasteiger partial charge in [0.25, 0.3) is 0 Å². The largest absolute Gasteiger partial charge is 0.394 e. The van der Waals surface area contributed by atoms with Gasteiger partial charge in [0.15, 0.2) is 0 Å². The Hall–Kier alpha value is -0.720. The molecule has 0 radical (unpaired) electrons. The van der Waals surface area contributed by atoms with Gasteiger partial charge in [-0.25, -0.2) is 0 Å². The van der Waals surface area contributed by atoms with Crippen molar-refractivity contribution in [3.8, 4) is 0 Å². The molecule has 1 aliphatic heterocycles. The highest BCUT2D eigenvalue weighted by molar-refractivity contribution is 7.80. The van der Waals surface area contributed by atoms with Gasteiger partial charge in [0, 0.05) is 13.1 Å². The van der Waals surface area contributed by atoms with Crippen LogP contribution in [0.25, 0.3) is 0 Å². The molecule has 2 fully saturated rings. The van der Waals surface area contributed by atoms with Gasteiger partial charge in [-0.1, -0.05) is 19.1 Å². The van der Waals surface area contributed by atoms with Gasteiger partial charge in [-0.15, -0.1) is 0 Å². The maximum Gasteiger partial charge on any atom is 0.235 e. The van der Waals surface area contributed by atoms with E-state index in [1.165, 1.54) is 0 Å². The summed E-state index contributed by atoms with van der Waals surface area (Å²) in [6.45, 7) is 3.46. The minimum Gasteiger partial charge on any atom is -0.394 e. The first-order valence-corrected chi connectivity index (χ1v) is 6.72. The lowest BCUT2D eigenvalue weighted by molar-refractivity contribution is -0.152. The normalized spacial score (nSPS) is 36.0. The zero-order valence-electron chi connectivity index (χ0n) is 10.6. The van der Waals surface area contributed by atoms with E-state index >= 15 is 0 Å². The molecular weight excluding hydrogens is 252 g/mol. The summed E-state index contributed by atoms with van der Waals surface area (Å²) in [5, 5.41) is 9.10. The second-order valence-corrected chi connectivity index (χ2v) is 5.83. The number of aliphatic hydroxyl groups is 1. The molecular formula is C12H20N2O3S. The Morgan fingerprint density at radius 2 is 2.28 bits per heavy atom. The molecule has 0 spiro atoms. The highest BCUT2D eigenvalue weighted by Crippen LogP contribution is 2.47. The Bertz CT molecular complexity index is 355. The molecule has 0 aromatic heterocycles. The first kappa shape index (κ1) is 13.7. The van der Waals surface area contributed by atoms with Crippen LogP contribution in [0.3, 0.4) is 0 Å². The van der Waals surface area contributed by atoms with Crippen molar-refractivity contribution in [2.45, 2.75) is 25.9 Å². The zero-order chi connectivity index (χ0) is 13.3. The number of nitrogens with two attached hydrogens (primary N) is 1. The maximum absolute atomic E-state index is 12.6. The molecule has 18 heavy (non-hydrogen) atoms. The Labute approximate surface area is 112 Å².